The average molecular weight is 373 g/mol. The summed E-state index contributed by atoms with van der Waals surface area (Å²) in [4.78, 5) is 30.7. The third-order valence-electron chi connectivity index (χ3n) is 3.78. The first kappa shape index (κ1) is 17.7. The van der Waals surface area contributed by atoms with Crippen LogP contribution in [0.5, 0.6) is 0 Å². The highest BCUT2D eigenvalue weighted by Gasteiger charge is 2.16. The molecule has 0 aliphatic carbocycles. The van der Waals surface area contributed by atoms with E-state index in [2.05, 4.69) is 20.5 Å². The van der Waals surface area contributed by atoms with E-state index in [9.17, 15) is 9.59 Å². The normalized spacial score (nSPS) is 11.8. The van der Waals surface area contributed by atoms with Gasteiger partial charge in [0.25, 0.3) is 5.56 Å². The Morgan fingerprint density at radius 3 is 2.73 bits per heavy atom. The summed E-state index contributed by atoms with van der Waals surface area (Å²) in [5, 5.41) is 4.80. The maximum absolute atomic E-state index is 12.2. The maximum atomic E-state index is 12.2. The minimum absolute atomic E-state index is 0.285. The zero-order valence-corrected chi connectivity index (χ0v) is 15.0. The SMILES string of the molecule is C/C=C/Cn1c(N/N=C\c2ccc(Cl)cc2)nc2c1c(=O)[nH]c(=O)n2C. The minimum Gasteiger partial charge on any atom is -0.299 e. The Morgan fingerprint density at radius 2 is 2.04 bits per heavy atom. The van der Waals surface area contributed by atoms with Gasteiger partial charge in [-0.1, -0.05) is 35.9 Å². The van der Waals surface area contributed by atoms with Gasteiger partial charge >= 0.3 is 5.69 Å². The van der Waals surface area contributed by atoms with Gasteiger partial charge in [0.15, 0.2) is 11.2 Å². The van der Waals surface area contributed by atoms with E-state index in [0.717, 1.165) is 5.56 Å². The molecule has 8 nitrogen and oxygen atoms in total. The van der Waals surface area contributed by atoms with Crippen molar-refractivity contribution in [1.29, 1.82) is 0 Å². The summed E-state index contributed by atoms with van der Waals surface area (Å²) in [6.07, 6.45) is 5.35. The van der Waals surface area contributed by atoms with Crippen LogP contribution in [0.1, 0.15) is 12.5 Å². The number of hydrogen-bond acceptors (Lipinski definition) is 5. The van der Waals surface area contributed by atoms with Gasteiger partial charge in [-0.15, -0.1) is 0 Å². The zero-order valence-electron chi connectivity index (χ0n) is 14.2. The number of fused-ring (bicyclic) bond motifs is 1. The molecular weight excluding hydrogens is 356 g/mol. The number of allylic oxidation sites excluding steroid dienone is 2. The van der Waals surface area contributed by atoms with E-state index in [1.54, 1.807) is 30.0 Å². The van der Waals surface area contributed by atoms with Crippen molar-refractivity contribution >= 4 is 34.9 Å². The number of imidazole rings is 1. The molecule has 0 radical (unpaired) electrons. The monoisotopic (exact) mass is 372 g/mol. The number of rotatable bonds is 5. The summed E-state index contributed by atoms with van der Waals surface area (Å²) in [5.74, 6) is 0.356. The molecule has 0 fully saturated rings. The van der Waals surface area contributed by atoms with Crippen LogP contribution >= 0.6 is 11.6 Å². The molecule has 2 N–H and O–H groups in total. The molecule has 3 aromatic rings. The van der Waals surface area contributed by atoms with Crippen LogP contribution in [-0.2, 0) is 13.6 Å². The molecule has 0 aliphatic rings. The fourth-order valence-corrected chi connectivity index (χ4v) is 2.55. The van der Waals surface area contributed by atoms with Crippen LogP contribution < -0.4 is 16.7 Å². The molecule has 1 aromatic carbocycles. The predicted molar refractivity (Wildman–Crippen MR) is 103 cm³/mol. The molecule has 2 aromatic heterocycles. The van der Waals surface area contributed by atoms with E-state index < -0.39 is 11.2 Å². The number of aryl methyl sites for hydroxylation is 1. The zero-order chi connectivity index (χ0) is 18.7. The summed E-state index contributed by atoms with van der Waals surface area (Å²) < 4.78 is 2.95. The summed E-state index contributed by atoms with van der Waals surface area (Å²) in [6, 6.07) is 7.18. The molecule has 0 spiro atoms. The van der Waals surface area contributed by atoms with Crippen molar-refractivity contribution in [3.8, 4) is 0 Å². The van der Waals surface area contributed by atoms with Gasteiger partial charge in [0, 0.05) is 18.6 Å². The van der Waals surface area contributed by atoms with Gasteiger partial charge in [0.05, 0.1) is 6.21 Å². The topological polar surface area (TPSA) is 97.1 Å². The van der Waals surface area contributed by atoms with E-state index in [0.29, 0.717) is 23.0 Å². The van der Waals surface area contributed by atoms with Crippen LogP contribution in [0.2, 0.25) is 5.02 Å². The van der Waals surface area contributed by atoms with Crippen LogP contribution in [0, 0.1) is 0 Å². The second-order valence-corrected chi connectivity index (χ2v) is 5.96. The lowest BCUT2D eigenvalue weighted by Crippen LogP contribution is -2.29. The highest BCUT2D eigenvalue weighted by molar-refractivity contribution is 6.30. The Kier molecular flexibility index (Phi) is 5.04. The van der Waals surface area contributed by atoms with Gasteiger partial charge in [-0.05, 0) is 24.6 Å². The average Bonchev–Trinajstić information content (AvgIpc) is 2.99. The third-order valence-corrected chi connectivity index (χ3v) is 4.03. The molecule has 0 atom stereocenters. The van der Waals surface area contributed by atoms with E-state index in [4.69, 9.17) is 11.6 Å². The van der Waals surface area contributed by atoms with Crippen molar-refractivity contribution in [3.05, 3.63) is 67.8 Å². The fourth-order valence-electron chi connectivity index (χ4n) is 2.42. The number of anilines is 1. The van der Waals surface area contributed by atoms with E-state index in [1.807, 2.05) is 31.2 Å². The number of hydrazone groups is 1. The quantitative estimate of drug-likeness (QED) is 0.407. The second-order valence-electron chi connectivity index (χ2n) is 5.53. The van der Waals surface area contributed by atoms with Gasteiger partial charge in [0.2, 0.25) is 5.95 Å². The molecule has 9 heteroatoms. The van der Waals surface area contributed by atoms with Crippen molar-refractivity contribution in [2.24, 2.45) is 12.1 Å². The van der Waals surface area contributed by atoms with Gasteiger partial charge in [-0.3, -0.25) is 18.9 Å². The lowest BCUT2D eigenvalue weighted by Gasteiger charge is -2.04. The first-order valence-electron chi connectivity index (χ1n) is 7.86. The highest BCUT2D eigenvalue weighted by atomic mass is 35.5. The summed E-state index contributed by atoms with van der Waals surface area (Å²) in [7, 11) is 1.55. The van der Waals surface area contributed by atoms with E-state index >= 15 is 0 Å². The largest absolute Gasteiger partial charge is 0.329 e. The smallest absolute Gasteiger partial charge is 0.299 e. The van der Waals surface area contributed by atoms with Gasteiger partial charge in [0.1, 0.15) is 0 Å². The molecule has 0 aliphatic heterocycles. The Bertz CT molecular complexity index is 1110. The Labute approximate surface area is 153 Å². The Balaban J connectivity index is 2.02. The van der Waals surface area contributed by atoms with Crippen molar-refractivity contribution in [3.63, 3.8) is 0 Å². The Hall–Kier alpha value is -3.13. The number of nitrogens with zero attached hydrogens (tertiary/aromatic N) is 4. The summed E-state index contributed by atoms with van der Waals surface area (Å²) >= 11 is 5.86. The molecule has 0 saturated carbocycles. The summed E-state index contributed by atoms with van der Waals surface area (Å²) in [6.45, 7) is 2.29. The predicted octanol–water partition coefficient (Wildman–Crippen LogP) is 2.10. The van der Waals surface area contributed by atoms with E-state index in [-0.39, 0.29) is 5.65 Å². The molecule has 3 rings (SSSR count). The first-order valence-corrected chi connectivity index (χ1v) is 8.24. The molecule has 2 heterocycles. The molecule has 26 heavy (non-hydrogen) atoms. The second kappa shape index (κ2) is 7.40. The molecule has 0 saturated heterocycles. The van der Waals surface area contributed by atoms with Crippen molar-refractivity contribution in [1.82, 2.24) is 19.1 Å². The molecule has 0 unspecified atom stereocenters. The standard InChI is InChI=1S/C17H17ClN6O2/c1-3-4-9-24-13-14(23(2)17(26)21-15(13)25)20-16(24)22-19-10-11-5-7-12(18)8-6-11/h3-8,10H,9H2,1-2H3,(H,20,22)(H,21,25,26)/b4-3+,19-10-. The van der Waals surface area contributed by atoms with Crippen LogP contribution in [0.3, 0.4) is 0 Å². The number of aromatic nitrogens is 4. The highest BCUT2D eigenvalue weighted by Crippen LogP contribution is 2.15. The number of aromatic amines is 1. The van der Waals surface area contributed by atoms with Gasteiger partial charge < -0.3 is 0 Å². The maximum Gasteiger partial charge on any atom is 0.329 e. The van der Waals surface area contributed by atoms with Crippen LogP contribution in [-0.4, -0.2) is 25.3 Å². The number of H-pyrrole nitrogens is 1. The minimum atomic E-state index is -0.519. The van der Waals surface area contributed by atoms with Gasteiger partial charge in [-0.2, -0.15) is 10.1 Å². The number of halogens is 1. The van der Waals surface area contributed by atoms with Crippen molar-refractivity contribution < 1.29 is 0 Å². The molecular formula is C17H17ClN6O2. The molecule has 0 bridgehead atoms. The van der Waals surface area contributed by atoms with Crippen LogP contribution in [0.25, 0.3) is 11.2 Å². The molecule has 134 valence electrons. The summed E-state index contributed by atoms with van der Waals surface area (Å²) in [5.41, 5.74) is 3.26. The Morgan fingerprint density at radius 1 is 1.31 bits per heavy atom. The fraction of sp³-hybridized carbons (Fsp3) is 0.176. The lowest BCUT2D eigenvalue weighted by atomic mass is 10.2. The number of hydrogen-bond donors (Lipinski definition) is 2. The van der Waals surface area contributed by atoms with Crippen LogP contribution in [0.4, 0.5) is 5.95 Å². The number of nitrogens with one attached hydrogen (secondary N) is 2. The number of benzene rings is 1. The van der Waals surface area contributed by atoms with Crippen LogP contribution in [0.15, 0.2) is 51.1 Å². The lowest BCUT2D eigenvalue weighted by molar-refractivity contribution is 0.818. The first-order chi connectivity index (χ1) is 12.5. The third kappa shape index (κ3) is 3.45. The molecule has 0 amide bonds. The van der Waals surface area contributed by atoms with Crippen molar-refractivity contribution in [2.45, 2.75) is 13.5 Å². The van der Waals surface area contributed by atoms with Crippen molar-refractivity contribution in [2.75, 3.05) is 5.43 Å². The van der Waals surface area contributed by atoms with E-state index in [1.165, 1.54) is 4.57 Å². The van der Waals surface area contributed by atoms with Gasteiger partial charge in [-0.25, -0.2) is 10.2 Å².